The van der Waals surface area contributed by atoms with E-state index in [2.05, 4.69) is 20.8 Å². The van der Waals surface area contributed by atoms with Crippen LogP contribution in [0, 0.1) is 0 Å². The van der Waals surface area contributed by atoms with Crippen LogP contribution in [0.4, 0.5) is 13.2 Å². The molecule has 128 valence electrons. The van der Waals surface area contributed by atoms with Crippen molar-refractivity contribution >= 4 is 5.97 Å². The Kier molecular flexibility index (Phi) is 11.5. The number of hydrogen-bond acceptors (Lipinski definition) is 1. The molecule has 0 saturated carbocycles. The minimum atomic E-state index is -3.67. The maximum atomic E-state index is 11.0. The summed E-state index contributed by atoms with van der Waals surface area (Å²) < 4.78 is 29.0. The van der Waals surface area contributed by atoms with Crippen molar-refractivity contribution in [2.45, 2.75) is 66.0 Å². The Morgan fingerprint density at radius 1 is 1.09 bits per heavy atom. The van der Waals surface area contributed by atoms with Crippen LogP contribution in [-0.4, -0.2) is 17.8 Å². The van der Waals surface area contributed by atoms with Crippen molar-refractivity contribution in [3.63, 3.8) is 0 Å². The van der Waals surface area contributed by atoms with Crippen molar-refractivity contribution < 1.29 is 23.1 Å². The molecule has 1 unspecified atom stereocenters. The van der Waals surface area contributed by atoms with Gasteiger partial charge < -0.3 is 5.11 Å². The van der Waals surface area contributed by atoms with Gasteiger partial charge in [0.25, 0.3) is 0 Å². The fourth-order valence-electron chi connectivity index (χ4n) is 1.77. The predicted molar refractivity (Wildman–Crippen MR) is 84.3 cm³/mol. The molecule has 22 heavy (non-hydrogen) atoms. The Morgan fingerprint density at radius 2 is 1.45 bits per heavy atom. The van der Waals surface area contributed by atoms with Gasteiger partial charge in [-0.15, -0.1) is 0 Å². The molecule has 0 saturated heterocycles. The van der Waals surface area contributed by atoms with E-state index in [0.717, 1.165) is 5.56 Å². The average molecular weight is 320 g/mol. The summed E-state index contributed by atoms with van der Waals surface area (Å²) in [4.78, 5) is 11.0. The van der Waals surface area contributed by atoms with E-state index in [-0.39, 0.29) is 11.3 Å². The van der Waals surface area contributed by atoms with E-state index in [4.69, 9.17) is 5.11 Å². The van der Waals surface area contributed by atoms with Gasteiger partial charge >= 0.3 is 12.6 Å². The summed E-state index contributed by atoms with van der Waals surface area (Å²) in [6, 6.07) is 7.92. The van der Waals surface area contributed by atoms with Gasteiger partial charge in [-0.3, -0.25) is 4.79 Å². The van der Waals surface area contributed by atoms with E-state index >= 15 is 0 Å². The molecule has 0 heterocycles. The van der Waals surface area contributed by atoms with Crippen LogP contribution in [0.1, 0.15) is 65.0 Å². The molecule has 0 spiro atoms. The summed E-state index contributed by atoms with van der Waals surface area (Å²) in [5.74, 6) is -1.12. The SMILES string of the molecule is CC.CCC(C(=O)O)c1ccc(C(C)(C)C)cc1.FC(F)F. The van der Waals surface area contributed by atoms with Crippen molar-refractivity contribution in [1.82, 2.24) is 0 Å². The van der Waals surface area contributed by atoms with E-state index in [9.17, 15) is 18.0 Å². The third-order valence-corrected chi connectivity index (χ3v) is 2.89. The standard InChI is InChI=1S/C14H20O2.C2H6.CHF3/c1-5-12(13(15)16)10-6-8-11(9-7-10)14(2,3)4;1-2;2-1(3)4/h6-9,12H,5H2,1-4H3,(H,15,16);1-2H3;1H. The van der Waals surface area contributed by atoms with Crippen molar-refractivity contribution in [1.29, 1.82) is 0 Å². The summed E-state index contributed by atoms with van der Waals surface area (Å²) in [7, 11) is 0. The van der Waals surface area contributed by atoms with E-state index in [1.54, 1.807) is 0 Å². The van der Waals surface area contributed by atoms with Gasteiger partial charge in [0.05, 0.1) is 5.92 Å². The van der Waals surface area contributed by atoms with E-state index in [1.165, 1.54) is 5.56 Å². The topological polar surface area (TPSA) is 37.3 Å². The second kappa shape index (κ2) is 11.1. The van der Waals surface area contributed by atoms with Crippen LogP contribution in [0.3, 0.4) is 0 Å². The van der Waals surface area contributed by atoms with Crippen molar-refractivity contribution in [2.75, 3.05) is 0 Å². The van der Waals surface area contributed by atoms with Crippen molar-refractivity contribution in [3.8, 4) is 0 Å². The Hall–Kier alpha value is -1.52. The highest BCUT2D eigenvalue weighted by atomic mass is 19.4. The highest BCUT2D eigenvalue weighted by Crippen LogP contribution is 2.25. The summed E-state index contributed by atoms with van der Waals surface area (Å²) in [5, 5.41) is 9.06. The number of carbonyl (C=O) groups is 1. The first kappa shape index (κ1) is 22.8. The van der Waals surface area contributed by atoms with Gasteiger partial charge in [-0.05, 0) is 23.0 Å². The lowest BCUT2D eigenvalue weighted by molar-refractivity contribution is -0.138. The summed E-state index contributed by atoms with van der Waals surface area (Å²) in [6.07, 6.45) is 0.629. The van der Waals surface area contributed by atoms with E-state index in [1.807, 2.05) is 45.0 Å². The zero-order valence-electron chi connectivity index (χ0n) is 14.2. The highest BCUT2D eigenvalue weighted by Gasteiger charge is 2.19. The van der Waals surface area contributed by atoms with Gasteiger partial charge in [0.15, 0.2) is 0 Å². The number of carboxylic acids is 1. The van der Waals surface area contributed by atoms with Gasteiger partial charge in [-0.2, -0.15) is 13.2 Å². The molecule has 1 rings (SSSR count). The van der Waals surface area contributed by atoms with Gasteiger partial charge in [0.2, 0.25) is 0 Å². The lowest BCUT2D eigenvalue weighted by Gasteiger charge is -2.20. The minimum Gasteiger partial charge on any atom is -0.481 e. The molecular formula is C17H27F3O2. The normalized spacial score (nSPS) is 11.7. The zero-order chi connectivity index (χ0) is 17.9. The smallest absolute Gasteiger partial charge is 0.379 e. The third-order valence-electron chi connectivity index (χ3n) is 2.89. The average Bonchev–Trinajstić information content (AvgIpc) is 2.40. The zero-order valence-corrected chi connectivity index (χ0v) is 14.2. The number of halogens is 3. The summed E-state index contributed by atoms with van der Waals surface area (Å²) in [6.45, 7) is 8.68. The minimum absolute atomic E-state index is 0.115. The molecule has 0 aliphatic carbocycles. The fourth-order valence-corrected chi connectivity index (χ4v) is 1.77. The van der Waals surface area contributed by atoms with Gasteiger partial charge in [0, 0.05) is 0 Å². The molecule has 0 aromatic heterocycles. The second-order valence-corrected chi connectivity index (χ2v) is 5.42. The monoisotopic (exact) mass is 320 g/mol. The Balaban J connectivity index is 0. The molecule has 5 heteroatoms. The summed E-state index contributed by atoms with van der Waals surface area (Å²) >= 11 is 0. The predicted octanol–water partition coefficient (Wildman–Crippen LogP) is 5.77. The van der Waals surface area contributed by atoms with Crippen LogP contribution in [-0.2, 0) is 10.2 Å². The molecular weight excluding hydrogens is 293 g/mol. The van der Waals surface area contributed by atoms with Crippen molar-refractivity contribution in [2.24, 2.45) is 0 Å². The molecule has 0 radical (unpaired) electrons. The molecule has 0 aliphatic heterocycles. The second-order valence-electron chi connectivity index (χ2n) is 5.42. The largest absolute Gasteiger partial charge is 0.481 e. The first-order valence-electron chi connectivity index (χ1n) is 7.35. The molecule has 0 bridgehead atoms. The highest BCUT2D eigenvalue weighted by molar-refractivity contribution is 5.75. The van der Waals surface area contributed by atoms with Gasteiger partial charge in [0.1, 0.15) is 0 Å². The van der Waals surface area contributed by atoms with Crippen LogP contribution >= 0.6 is 0 Å². The van der Waals surface area contributed by atoms with Gasteiger partial charge in [-0.1, -0.05) is 65.8 Å². The number of aliphatic carboxylic acids is 1. The molecule has 1 atom stereocenters. The molecule has 0 aliphatic rings. The van der Waals surface area contributed by atoms with Crippen LogP contribution in [0.2, 0.25) is 0 Å². The first-order chi connectivity index (χ1) is 10.1. The lowest BCUT2D eigenvalue weighted by Crippen LogP contribution is -2.13. The molecule has 2 nitrogen and oxygen atoms in total. The summed E-state index contributed by atoms with van der Waals surface area (Å²) in [5.41, 5.74) is 2.24. The van der Waals surface area contributed by atoms with Crippen molar-refractivity contribution in [3.05, 3.63) is 35.4 Å². The Labute approximate surface area is 131 Å². The van der Waals surface area contributed by atoms with Crippen LogP contribution in [0.25, 0.3) is 0 Å². The molecule has 1 N–H and O–H groups in total. The fraction of sp³-hybridized carbons (Fsp3) is 0.588. The number of rotatable bonds is 3. The first-order valence-corrected chi connectivity index (χ1v) is 7.35. The molecule has 0 amide bonds. The van der Waals surface area contributed by atoms with E-state index < -0.39 is 12.6 Å². The maximum absolute atomic E-state index is 11.0. The maximum Gasteiger partial charge on any atom is 0.379 e. The van der Waals surface area contributed by atoms with Crippen LogP contribution < -0.4 is 0 Å². The number of alkyl halides is 3. The Bertz CT molecular complexity index is 406. The number of benzene rings is 1. The third kappa shape index (κ3) is 9.42. The van der Waals surface area contributed by atoms with Gasteiger partial charge in [-0.25, -0.2) is 0 Å². The number of hydrogen-bond donors (Lipinski definition) is 1. The molecule has 1 aromatic carbocycles. The Morgan fingerprint density at radius 3 is 1.68 bits per heavy atom. The van der Waals surface area contributed by atoms with E-state index in [0.29, 0.717) is 6.42 Å². The van der Waals surface area contributed by atoms with Crippen LogP contribution in [0.15, 0.2) is 24.3 Å². The molecule has 0 fully saturated rings. The lowest BCUT2D eigenvalue weighted by atomic mass is 9.85. The number of carboxylic acid groups (broad SMARTS) is 1. The molecule has 1 aromatic rings. The van der Waals surface area contributed by atoms with Crippen LogP contribution in [0.5, 0.6) is 0 Å². The quantitative estimate of drug-likeness (QED) is 0.768.